The number of nitrogens with one attached hydrogen (secondary N) is 1. The smallest absolute Gasteiger partial charge is 0.407 e. The van der Waals surface area contributed by atoms with Crippen molar-refractivity contribution in [1.82, 2.24) is 5.32 Å². The molecule has 5 aliphatic heterocycles. The molecule has 1 amide bonds. The van der Waals surface area contributed by atoms with Gasteiger partial charge in [0.2, 0.25) is 11.3 Å². The van der Waals surface area contributed by atoms with Crippen LogP contribution in [-0.4, -0.2) is 185 Å². The summed E-state index contributed by atoms with van der Waals surface area (Å²) in [5.74, 6) is -5.10. The summed E-state index contributed by atoms with van der Waals surface area (Å²) in [6.45, 7) is 19.6. The van der Waals surface area contributed by atoms with Crippen LogP contribution >= 0.6 is 0 Å². The number of fused-ring (bicyclic) bond motifs is 4. The molecular weight excluding hydrogens is 1100 g/mol. The molecule has 4 aliphatic carbocycles. The molecule has 6 N–H and O–H groups in total. The van der Waals surface area contributed by atoms with E-state index in [1.165, 1.54) is 21.1 Å². The fourth-order valence-electron chi connectivity index (χ4n) is 15.8. The average molecular weight is 1190 g/mol. The Labute approximate surface area is 491 Å². The maximum atomic E-state index is 15.6. The van der Waals surface area contributed by atoms with E-state index in [4.69, 9.17) is 52.1 Å². The molecule has 2 bridgehead atoms. The summed E-state index contributed by atoms with van der Waals surface area (Å²) in [5.41, 5.74) is -3.37. The first kappa shape index (κ1) is 64.3. The quantitative estimate of drug-likeness (QED) is 0.0457. The van der Waals surface area contributed by atoms with Gasteiger partial charge in [0.15, 0.2) is 30.8 Å². The molecule has 0 unspecified atom stereocenters. The van der Waals surface area contributed by atoms with Gasteiger partial charge in [-0.1, -0.05) is 63.6 Å². The zero-order chi connectivity index (χ0) is 61.2. The van der Waals surface area contributed by atoms with Crippen LogP contribution in [-0.2, 0) is 61.7 Å². The molecule has 27 atom stereocenters. The average Bonchev–Trinajstić information content (AvgIpc) is 2.80. The second-order valence-electron chi connectivity index (χ2n) is 25.9. The van der Waals surface area contributed by atoms with Crippen LogP contribution in [0.2, 0.25) is 0 Å². The van der Waals surface area contributed by atoms with Crippen molar-refractivity contribution < 1.29 is 96.9 Å². The zero-order valence-electron chi connectivity index (χ0n) is 50.6. The van der Waals surface area contributed by atoms with Crippen molar-refractivity contribution in [3.8, 4) is 0 Å². The SMILES string of the molecule is COC(=O)N[C@H]1[C@@H](C)O[C@@H](O[C@H]2C/C=C(\C)[C@@H]3C=C[C@@H]4[C@@H](O[C@H]5C[C@@H](O[C@H]6C[C@@H](O)[C@@H](O[C@@H]7C[C@@H](O)[C@@H](OC)[C@H](C)O7)[C@H](C)O6)[C@@H](O)[C@H](C)O5)[C@H](C)C[C@H](C)[C@H]4[C@]3(C)/C(O)=C3\C(=O)O[C@]4(C[C@@H](C)C(CO)=C[C@H]4/C=C/2C)C3=O)C[C@]1(C)[N+](=O)[O-]. The van der Waals surface area contributed by atoms with E-state index in [-0.39, 0.29) is 57.0 Å². The minimum atomic E-state index is -1.82. The van der Waals surface area contributed by atoms with Crippen LogP contribution in [0, 0.1) is 57.0 Å². The van der Waals surface area contributed by atoms with Gasteiger partial charge in [-0.05, 0) is 89.2 Å². The number of nitro groups is 1. The van der Waals surface area contributed by atoms with Gasteiger partial charge in [0.05, 0.1) is 75.1 Å². The maximum absolute atomic E-state index is 15.6. The molecule has 9 rings (SSSR count). The summed E-state index contributed by atoms with van der Waals surface area (Å²) < 4.78 is 68.0. The van der Waals surface area contributed by atoms with Crippen molar-refractivity contribution in [2.75, 3.05) is 20.8 Å². The van der Waals surface area contributed by atoms with E-state index in [0.717, 1.165) is 5.57 Å². The van der Waals surface area contributed by atoms with E-state index in [1.54, 1.807) is 46.8 Å². The lowest BCUT2D eigenvalue weighted by atomic mass is 9.49. The highest BCUT2D eigenvalue weighted by molar-refractivity contribution is 6.26. The normalized spacial score (nSPS) is 49.3. The second-order valence-corrected chi connectivity index (χ2v) is 25.9. The van der Waals surface area contributed by atoms with E-state index in [9.17, 15) is 45.2 Å². The van der Waals surface area contributed by atoms with E-state index >= 15 is 4.79 Å². The number of ketones is 1. The standard InChI is InChI=1S/C61H90N2O21/c1-27-14-17-42(80-47-25-59(10,63(72)73)54(35(9)79-47)62-58(71)75-13)28(2)19-37-20-36(26-64)31(5)24-61(37)56(69)48(57(70)84-61)55(68)60(11)39(27)16-15-38-49(60)29(3)18-30(4)51(38)82-46-23-43(50(67)32(6)76-46)81-44-22-41(66)53(34(8)78-44)83-45-21-40(65)52(74-12)33(7)77-45/h14-16,19-20,29-35,37-47,49-54,64-68H,17-18,21-26H2,1-13H3,(H,62,71)/b27-14+,28-19+,55-48+/t29-,30+,31+,32-,33-,34-,35+,37+,38-,39-,40+,41+,42-,43+,44-,45+,46-,47-,49+,50-,51-,52-,53-,54-,59-,60+,61-/m0/s1. The third kappa shape index (κ3) is 11.8. The molecule has 0 radical (unpaired) electrons. The van der Waals surface area contributed by atoms with Crippen LogP contribution < -0.4 is 5.32 Å². The molecule has 1 saturated carbocycles. The number of alkyl carbamates (subject to hydrolysis) is 1. The van der Waals surface area contributed by atoms with Gasteiger partial charge in [0.25, 0.3) is 0 Å². The lowest BCUT2D eigenvalue weighted by Crippen LogP contribution is -2.65. The largest absolute Gasteiger partial charge is 0.511 e. The number of rotatable bonds is 12. The molecule has 5 saturated heterocycles. The molecule has 0 aromatic rings. The molecular formula is C61H90N2O21. The van der Waals surface area contributed by atoms with Crippen LogP contribution in [0.25, 0.3) is 0 Å². The van der Waals surface area contributed by atoms with Crippen molar-refractivity contribution in [2.24, 2.45) is 46.8 Å². The van der Waals surface area contributed by atoms with Gasteiger partial charge in [-0.25, -0.2) is 9.59 Å². The first-order valence-corrected chi connectivity index (χ1v) is 30.0. The highest BCUT2D eigenvalue weighted by atomic mass is 16.7. The minimum absolute atomic E-state index is 0.00457. The molecule has 1 spiro atoms. The van der Waals surface area contributed by atoms with Crippen molar-refractivity contribution >= 4 is 17.8 Å². The number of esters is 1. The molecule has 84 heavy (non-hydrogen) atoms. The molecule has 23 heteroatoms. The zero-order valence-corrected chi connectivity index (χ0v) is 50.6. The highest BCUT2D eigenvalue weighted by Crippen LogP contribution is 2.61. The Balaban J connectivity index is 1.01. The summed E-state index contributed by atoms with van der Waals surface area (Å²) in [4.78, 5) is 55.1. The summed E-state index contributed by atoms with van der Waals surface area (Å²) in [6.07, 6.45) is -3.57. The van der Waals surface area contributed by atoms with Crippen LogP contribution in [0.1, 0.15) is 121 Å². The fraction of sp³-hybridized carbons (Fsp3) is 0.787. The Morgan fingerprint density at radius 1 is 0.762 bits per heavy atom. The predicted octanol–water partition coefficient (Wildman–Crippen LogP) is 5.57. The first-order valence-electron chi connectivity index (χ1n) is 30.0. The summed E-state index contributed by atoms with van der Waals surface area (Å²) in [6, 6.07) is -1.08. The number of amides is 1. The van der Waals surface area contributed by atoms with E-state index in [2.05, 4.69) is 25.2 Å². The molecule has 5 heterocycles. The van der Waals surface area contributed by atoms with E-state index < -0.39 is 185 Å². The van der Waals surface area contributed by atoms with Crippen molar-refractivity contribution in [3.05, 3.63) is 68.5 Å². The van der Waals surface area contributed by atoms with Crippen LogP contribution in [0.5, 0.6) is 0 Å². The fourth-order valence-corrected chi connectivity index (χ4v) is 15.8. The number of aliphatic hydroxyl groups excluding tert-OH is 5. The number of Topliss-reactive ketones (excluding diaryl/α,β-unsaturated/α-hetero) is 1. The topological polar surface area (TPSA) is 309 Å². The molecule has 23 nitrogen and oxygen atoms in total. The third-order valence-electron chi connectivity index (χ3n) is 20.3. The number of aliphatic hydroxyl groups is 5. The third-order valence-corrected chi connectivity index (χ3v) is 20.3. The van der Waals surface area contributed by atoms with Gasteiger partial charge in [-0.2, -0.15) is 0 Å². The molecule has 0 aromatic heterocycles. The molecule has 6 fully saturated rings. The predicted molar refractivity (Wildman–Crippen MR) is 298 cm³/mol. The number of ether oxygens (including phenoxy) is 11. The van der Waals surface area contributed by atoms with Crippen molar-refractivity contribution in [1.29, 1.82) is 0 Å². The van der Waals surface area contributed by atoms with Crippen LogP contribution in [0.15, 0.2) is 58.4 Å². The Hall–Kier alpha value is -4.21. The van der Waals surface area contributed by atoms with Crippen molar-refractivity contribution in [3.63, 3.8) is 0 Å². The Morgan fingerprint density at radius 3 is 2.01 bits per heavy atom. The van der Waals surface area contributed by atoms with Gasteiger partial charge < -0.3 is 83.0 Å². The number of allylic oxidation sites excluding steroid dienone is 3. The number of hydrogen-bond donors (Lipinski definition) is 6. The number of carbonyl (C=O) groups is 3. The van der Waals surface area contributed by atoms with Gasteiger partial charge in [0, 0.05) is 67.8 Å². The van der Waals surface area contributed by atoms with Crippen LogP contribution in [0.4, 0.5) is 4.79 Å². The van der Waals surface area contributed by atoms with Gasteiger partial charge in [-0.3, -0.25) is 14.9 Å². The number of carbonyl (C=O) groups excluding carboxylic acids is 3. The maximum Gasteiger partial charge on any atom is 0.407 e. The number of hydrogen-bond acceptors (Lipinski definition) is 21. The molecule has 9 aliphatic rings. The monoisotopic (exact) mass is 1190 g/mol. The number of nitrogens with zero attached hydrogens (tertiary/aromatic N) is 1. The highest BCUT2D eigenvalue weighted by Gasteiger charge is 2.64. The molecule has 470 valence electrons. The summed E-state index contributed by atoms with van der Waals surface area (Å²) in [5, 5.41) is 72.9. The van der Waals surface area contributed by atoms with Crippen LogP contribution in [0.3, 0.4) is 0 Å². The molecule has 0 aromatic carbocycles. The number of methoxy groups -OCH3 is 2. The lowest BCUT2D eigenvalue weighted by Gasteiger charge is -2.56. The van der Waals surface area contributed by atoms with Gasteiger partial charge in [-0.15, -0.1) is 0 Å². The Kier molecular flexibility index (Phi) is 19.2. The van der Waals surface area contributed by atoms with E-state index in [1.807, 2.05) is 32.9 Å². The summed E-state index contributed by atoms with van der Waals surface area (Å²) in [7, 11) is 2.67. The van der Waals surface area contributed by atoms with Crippen molar-refractivity contribution in [2.45, 2.75) is 237 Å². The first-order chi connectivity index (χ1) is 39.6. The van der Waals surface area contributed by atoms with E-state index in [0.29, 0.717) is 17.6 Å². The Morgan fingerprint density at radius 2 is 1.38 bits per heavy atom. The second kappa shape index (κ2) is 25.1. The minimum Gasteiger partial charge on any atom is -0.511 e. The summed E-state index contributed by atoms with van der Waals surface area (Å²) >= 11 is 0. The Bertz CT molecular complexity index is 2600. The van der Waals surface area contributed by atoms with Gasteiger partial charge >= 0.3 is 12.1 Å². The van der Waals surface area contributed by atoms with Gasteiger partial charge in [0.1, 0.15) is 35.7 Å². The lowest BCUT2D eigenvalue weighted by molar-refractivity contribution is -0.584.